The summed E-state index contributed by atoms with van der Waals surface area (Å²) in [4.78, 5) is 26.4. The molecule has 232 valence electrons. The fraction of sp³-hybridized carbons (Fsp3) is 0.214. The van der Waals surface area contributed by atoms with Gasteiger partial charge in [-0.3, -0.25) is 4.79 Å². The number of carbonyl (C=O) groups is 1. The van der Waals surface area contributed by atoms with Crippen molar-refractivity contribution in [3.63, 3.8) is 0 Å². The Morgan fingerprint density at radius 1 is 0.818 bits per heavy atom. The van der Waals surface area contributed by atoms with E-state index in [4.69, 9.17) is 18.6 Å². The summed E-state index contributed by atoms with van der Waals surface area (Å²) in [5.74, 6) is -7.56. The Balaban J connectivity index is 1.57. The third kappa shape index (κ3) is 5.29. The summed E-state index contributed by atoms with van der Waals surface area (Å²) in [6.07, 6.45) is -9.47. The van der Waals surface area contributed by atoms with Gasteiger partial charge in [-0.2, -0.15) is 0 Å². The van der Waals surface area contributed by atoms with Gasteiger partial charge in [0, 0.05) is 17.7 Å². The number of fused-ring (bicyclic) bond motifs is 1. The van der Waals surface area contributed by atoms with E-state index in [2.05, 4.69) is 0 Å². The molecule has 0 bridgehead atoms. The smallest absolute Gasteiger partial charge is 0.338 e. The van der Waals surface area contributed by atoms with Crippen LogP contribution in [0.3, 0.4) is 0 Å². The summed E-state index contributed by atoms with van der Waals surface area (Å²) in [5, 5.41) is 100. The van der Waals surface area contributed by atoms with Crippen molar-refractivity contribution in [2.24, 2.45) is 0 Å². The standard InChI is InChI=1S/C28H24O16/c29-8-18-21(37)25(43-27(40)10-4-15(34)20(36)16(35)5-10)23(39)28(42-18)44-26-22(38)19-14(33)6-11(30)7-17(19)41-24(26)9-1-2-12(31)13(32)3-9/h1-7,18,21,23,25,28-37,39H,8H2/t18-,21-,23-,25+,28+/m1/s1. The zero-order chi connectivity index (χ0) is 32.0. The first kappa shape index (κ1) is 30.1. The highest BCUT2D eigenvalue weighted by Crippen LogP contribution is 2.40. The molecule has 1 fully saturated rings. The first-order chi connectivity index (χ1) is 20.8. The van der Waals surface area contributed by atoms with Crippen molar-refractivity contribution in [3.05, 3.63) is 58.3 Å². The van der Waals surface area contributed by atoms with Crippen molar-refractivity contribution in [1.29, 1.82) is 0 Å². The van der Waals surface area contributed by atoms with Crippen molar-refractivity contribution < 1.29 is 74.5 Å². The highest BCUT2D eigenvalue weighted by molar-refractivity contribution is 5.91. The van der Waals surface area contributed by atoms with Gasteiger partial charge < -0.3 is 69.7 Å². The molecule has 1 aliphatic rings. The molecule has 0 radical (unpaired) electrons. The number of aromatic hydroxyl groups is 7. The van der Waals surface area contributed by atoms with E-state index in [1.54, 1.807) is 0 Å². The fourth-order valence-corrected chi connectivity index (χ4v) is 4.55. The number of carbonyl (C=O) groups excluding carboxylic acids is 1. The molecule has 3 aromatic carbocycles. The van der Waals surface area contributed by atoms with Gasteiger partial charge in [0.1, 0.15) is 34.7 Å². The number of hydrogen-bond donors (Lipinski definition) is 10. The maximum Gasteiger partial charge on any atom is 0.338 e. The van der Waals surface area contributed by atoms with Crippen molar-refractivity contribution in [2.45, 2.75) is 30.7 Å². The number of benzene rings is 3. The monoisotopic (exact) mass is 616 g/mol. The summed E-state index contributed by atoms with van der Waals surface area (Å²) < 4.78 is 22.0. The Kier molecular flexibility index (Phi) is 7.75. The topological polar surface area (TPSA) is 277 Å². The van der Waals surface area contributed by atoms with Crippen molar-refractivity contribution in [2.75, 3.05) is 6.61 Å². The van der Waals surface area contributed by atoms with Crippen LogP contribution in [0.25, 0.3) is 22.3 Å². The molecule has 1 saturated heterocycles. The molecule has 10 N–H and O–H groups in total. The second kappa shape index (κ2) is 11.3. The third-order valence-corrected chi connectivity index (χ3v) is 6.76. The van der Waals surface area contributed by atoms with Gasteiger partial charge >= 0.3 is 5.97 Å². The minimum Gasteiger partial charge on any atom is -0.508 e. The lowest BCUT2D eigenvalue weighted by Gasteiger charge is -2.41. The Morgan fingerprint density at radius 3 is 2.14 bits per heavy atom. The number of aliphatic hydroxyl groups is 3. The molecule has 0 unspecified atom stereocenters. The molecule has 2 heterocycles. The predicted molar refractivity (Wildman–Crippen MR) is 144 cm³/mol. The average molecular weight is 616 g/mol. The van der Waals surface area contributed by atoms with Crippen LogP contribution in [0.15, 0.2) is 51.7 Å². The average Bonchev–Trinajstić information content (AvgIpc) is 2.97. The molecule has 16 nitrogen and oxygen atoms in total. The first-order valence-electron chi connectivity index (χ1n) is 12.6. The summed E-state index contributed by atoms with van der Waals surface area (Å²) in [6.45, 7) is -0.909. The van der Waals surface area contributed by atoms with Crippen molar-refractivity contribution >= 4 is 16.9 Å². The lowest BCUT2D eigenvalue weighted by atomic mass is 9.98. The summed E-state index contributed by atoms with van der Waals surface area (Å²) in [7, 11) is 0. The van der Waals surface area contributed by atoms with Crippen LogP contribution in [-0.4, -0.2) is 94.3 Å². The van der Waals surface area contributed by atoms with E-state index in [1.807, 2.05) is 0 Å². The van der Waals surface area contributed by atoms with Gasteiger partial charge in [0.15, 0.2) is 46.7 Å². The summed E-state index contributed by atoms with van der Waals surface area (Å²) in [6, 6.07) is 6.56. The van der Waals surface area contributed by atoms with E-state index in [9.17, 15) is 60.7 Å². The number of hydrogen-bond acceptors (Lipinski definition) is 16. The van der Waals surface area contributed by atoms with Crippen LogP contribution in [0.4, 0.5) is 0 Å². The van der Waals surface area contributed by atoms with Gasteiger partial charge in [0.25, 0.3) is 0 Å². The van der Waals surface area contributed by atoms with Crippen LogP contribution in [0, 0.1) is 0 Å². The van der Waals surface area contributed by atoms with E-state index in [1.165, 1.54) is 6.07 Å². The minimum absolute atomic E-state index is 0.0731. The Labute approximate surface area is 244 Å². The molecule has 4 aromatic rings. The number of ether oxygens (including phenoxy) is 3. The molecule has 5 atom stereocenters. The summed E-state index contributed by atoms with van der Waals surface area (Å²) in [5.41, 5.74) is -1.98. The molecule has 0 spiro atoms. The molecule has 0 saturated carbocycles. The largest absolute Gasteiger partial charge is 0.508 e. The molecule has 44 heavy (non-hydrogen) atoms. The van der Waals surface area contributed by atoms with Gasteiger partial charge in [0.05, 0.1) is 12.2 Å². The van der Waals surface area contributed by atoms with E-state index in [0.717, 1.165) is 36.4 Å². The van der Waals surface area contributed by atoms with Gasteiger partial charge in [-0.05, 0) is 30.3 Å². The van der Waals surface area contributed by atoms with Gasteiger partial charge in [-0.25, -0.2) is 4.79 Å². The van der Waals surface area contributed by atoms with Crippen molar-refractivity contribution in [3.8, 4) is 57.3 Å². The lowest BCUT2D eigenvalue weighted by molar-refractivity contribution is -0.277. The number of esters is 1. The van der Waals surface area contributed by atoms with E-state index >= 15 is 0 Å². The zero-order valence-electron chi connectivity index (χ0n) is 22.1. The lowest BCUT2D eigenvalue weighted by Crippen LogP contribution is -2.61. The number of phenolic OH excluding ortho intramolecular Hbond substituents is 7. The van der Waals surface area contributed by atoms with Crippen LogP contribution in [0.5, 0.6) is 46.0 Å². The maximum atomic E-state index is 13.6. The van der Waals surface area contributed by atoms with E-state index in [-0.39, 0.29) is 11.1 Å². The molecular weight excluding hydrogens is 592 g/mol. The fourth-order valence-electron chi connectivity index (χ4n) is 4.55. The molecule has 16 heteroatoms. The molecule has 1 aromatic heterocycles. The van der Waals surface area contributed by atoms with Gasteiger partial charge in [-0.1, -0.05) is 0 Å². The van der Waals surface area contributed by atoms with Crippen molar-refractivity contribution in [1.82, 2.24) is 0 Å². The van der Waals surface area contributed by atoms with Crippen LogP contribution in [0.2, 0.25) is 0 Å². The molecule has 1 aliphatic heterocycles. The Morgan fingerprint density at radius 2 is 1.50 bits per heavy atom. The van der Waals surface area contributed by atoms with Gasteiger partial charge in [0.2, 0.25) is 17.5 Å². The summed E-state index contributed by atoms with van der Waals surface area (Å²) >= 11 is 0. The quantitative estimate of drug-likeness (QED) is 0.104. The zero-order valence-corrected chi connectivity index (χ0v) is 22.1. The predicted octanol–water partition coefficient (Wildman–Crippen LogP) is 0.443. The van der Waals surface area contributed by atoms with Crippen LogP contribution >= 0.6 is 0 Å². The third-order valence-electron chi connectivity index (χ3n) is 6.76. The SMILES string of the molecule is O=C(O[C@@H]1[C@@H](O)[C@H](Oc2c(-c3ccc(O)c(O)c3)oc3cc(O)cc(O)c3c2=O)O[C@H](CO)[C@H]1O)c1cc(O)c(O)c(O)c1. The van der Waals surface area contributed by atoms with Crippen LogP contribution in [0.1, 0.15) is 10.4 Å². The van der Waals surface area contributed by atoms with Gasteiger partial charge in [-0.15, -0.1) is 0 Å². The van der Waals surface area contributed by atoms with E-state index in [0.29, 0.717) is 0 Å². The molecule has 0 aliphatic carbocycles. The maximum absolute atomic E-state index is 13.6. The molecule has 5 rings (SSSR count). The van der Waals surface area contributed by atoms with Crippen LogP contribution in [-0.2, 0) is 9.47 Å². The van der Waals surface area contributed by atoms with Crippen LogP contribution < -0.4 is 10.2 Å². The number of phenols is 7. The first-order valence-corrected chi connectivity index (χ1v) is 12.6. The highest BCUT2D eigenvalue weighted by atomic mass is 16.7. The normalized spacial score (nSPS) is 21.7. The highest BCUT2D eigenvalue weighted by Gasteiger charge is 2.48. The number of rotatable bonds is 6. The number of aliphatic hydroxyl groups excluding tert-OH is 3. The second-order valence-corrected chi connectivity index (χ2v) is 9.69. The molecule has 0 amide bonds. The second-order valence-electron chi connectivity index (χ2n) is 9.69. The molecular formula is C28H24O16. The Hall–Kier alpha value is -5.42. The Bertz CT molecular complexity index is 1790. The van der Waals surface area contributed by atoms with E-state index < -0.39 is 111 Å². The minimum atomic E-state index is -2.10.